The zero-order valence-electron chi connectivity index (χ0n) is 38.5. The van der Waals surface area contributed by atoms with Crippen LogP contribution in [-0.2, 0) is 32.7 Å². The molecular formula is C50H88NO9P. The van der Waals surface area contributed by atoms with E-state index >= 15 is 0 Å². The fourth-order valence-electron chi connectivity index (χ4n) is 6.27. The first-order valence-electron chi connectivity index (χ1n) is 24.0. The molecule has 0 bridgehead atoms. The number of phosphoric ester groups is 1. The number of allylic oxidation sites excluding steroid dienone is 12. The molecule has 0 radical (unpaired) electrons. The molecule has 0 aliphatic rings. The van der Waals surface area contributed by atoms with E-state index in [4.69, 9.17) is 29.4 Å². The molecule has 0 aromatic heterocycles. The molecule has 0 aromatic carbocycles. The van der Waals surface area contributed by atoms with Gasteiger partial charge in [-0.05, 0) is 83.5 Å². The molecule has 0 heterocycles. The van der Waals surface area contributed by atoms with Crippen molar-refractivity contribution in [2.75, 3.05) is 26.4 Å². The average molecular weight is 878 g/mol. The van der Waals surface area contributed by atoms with Gasteiger partial charge in [0.15, 0.2) is 0 Å². The van der Waals surface area contributed by atoms with Gasteiger partial charge in [-0.3, -0.25) is 18.6 Å². The van der Waals surface area contributed by atoms with Crippen LogP contribution < -0.4 is 5.73 Å². The number of phosphoric acid groups is 1. The van der Waals surface area contributed by atoms with Gasteiger partial charge < -0.3 is 25.2 Å². The second kappa shape index (κ2) is 45.4. The zero-order valence-corrected chi connectivity index (χ0v) is 39.4. The molecule has 11 heteroatoms. The minimum atomic E-state index is -4.63. The fraction of sp³-hybridized carbons (Fsp3) is 0.720. The molecule has 0 saturated carbocycles. The van der Waals surface area contributed by atoms with Crippen LogP contribution >= 0.6 is 7.82 Å². The summed E-state index contributed by atoms with van der Waals surface area (Å²) in [5, 5.41) is 8.91. The molecule has 0 aliphatic heterocycles. The third-order valence-electron chi connectivity index (χ3n) is 9.97. The molecule has 3 atom stereocenters. The number of carboxylic acids is 1. The molecule has 10 nitrogen and oxygen atoms in total. The number of hydrogen-bond donors (Lipinski definition) is 3. The Balaban J connectivity index is 4.20. The highest BCUT2D eigenvalue weighted by molar-refractivity contribution is 7.47. The van der Waals surface area contributed by atoms with Gasteiger partial charge in [0, 0.05) is 13.0 Å². The lowest BCUT2D eigenvalue weighted by Crippen LogP contribution is -2.34. The molecule has 4 N–H and O–H groups in total. The molecule has 0 rings (SSSR count). The molecule has 352 valence electrons. The summed E-state index contributed by atoms with van der Waals surface area (Å²) in [4.78, 5) is 33.6. The summed E-state index contributed by atoms with van der Waals surface area (Å²) in [5.41, 5.74) is 5.36. The van der Waals surface area contributed by atoms with Crippen LogP contribution in [0.3, 0.4) is 0 Å². The van der Waals surface area contributed by atoms with E-state index in [0.717, 1.165) is 89.9 Å². The van der Waals surface area contributed by atoms with Crippen molar-refractivity contribution in [1.82, 2.24) is 0 Å². The van der Waals surface area contributed by atoms with Gasteiger partial charge in [0.25, 0.3) is 0 Å². The minimum absolute atomic E-state index is 0.00461. The van der Waals surface area contributed by atoms with Gasteiger partial charge in [-0.1, -0.05) is 177 Å². The summed E-state index contributed by atoms with van der Waals surface area (Å²) in [6.45, 7) is 3.73. The van der Waals surface area contributed by atoms with Crippen LogP contribution in [0.5, 0.6) is 0 Å². The number of esters is 1. The van der Waals surface area contributed by atoms with Crippen molar-refractivity contribution in [2.45, 2.75) is 206 Å². The molecule has 0 aromatic rings. The van der Waals surface area contributed by atoms with Crippen LogP contribution in [0.2, 0.25) is 0 Å². The Bertz CT molecular complexity index is 1250. The normalized spacial score (nSPS) is 14.4. The number of rotatable bonds is 45. The van der Waals surface area contributed by atoms with Crippen molar-refractivity contribution in [3.63, 3.8) is 0 Å². The highest BCUT2D eigenvalue weighted by atomic mass is 31.2. The fourth-order valence-corrected chi connectivity index (χ4v) is 7.05. The topological polar surface area (TPSA) is 155 Å². The molecule has 0 amide bonds. The predicted octanol–water partition coefficient (Wildman–Crippen LogP) is 13.8. The first-order valence-corrected chi connectivity index (χ1v) is 25.5. The number of unbranched alkanes of at least 4 members (excludes halogenated alkanes) is 19. The Morgan fingerprint density at radius 3 is 1.44 bits per heavy atom. The number of carbonyl (C=O) groups is 2. The van der Waals surface area contributed by atoms with Crippen molar-refractivity contribution in [3.8, 4) is 0 Å². The van der Waals surface area contributed by atoms with Crippen LogP contribution in [-0.4, -0.2) is 60.5 Å². The van der Waals surface area contributed by atoms with Crippen molar-refractivity contribution in [3.05, 3.63) is 72.9 Å². The lowest BCUT2D eigenvalue weighted by atomic mass is 10.1. The Labute approximate surface area is 372 Å². The average Bonchev–Trinajstić information content (AvgIpc) is 3.24. The minimum Gasteiger partial charge on any atom is -0.480 e. The summed E-state index contributed by atoms with van der Waals surface area (Å²) in [6, 6.07) is -1.48. The summed E-state index contributed by atoms with van der Waals surface area (Å²) >= 11 is 0. The van der Waals surface area contributed by atoms with Crippen LogP contribution in [0.15, 0.2) is 72.9 Å². The monoisotopic (exact) mass is 878 g/mol. The van der Waals surface area contributed by atoms with Crippen LogP contribution in [0, 0.1) is 0 Å². The van der Waals surface area contributed by atoms with E-state index in [9.17, 15) is 19.0 Å². The van der Waals surface area contributed by atoms with Crippen molar-refractivity contribution in [1.29, 1.82) is 0 Å². The third-order valence-corrected chi connectivity index (χ3v) is 10.9. The molecule has 0 aliphatic carbocycles. The Hall–Kier alpha value is -2.59. The van der Waals surface area contributed by atoms with E-state index < -0.39 is 45.1 Å². The summed E-state index contributed by atoms with van der Waals surface area (Å²) in [7, 11) is -4.63. The van der Waals surface area contributed by atoms with Crippen molar-refractivity contribution in [2.24, 2.45) is 5.73 Å². The van der Waals surface area contributed by atoms with Gasteiger partial charge in [0.05, 0.1) is 19.8 Å². The highest BCUT2D eigenvalue weighted by Gasteiger charge is 2.27. The molecule has 3 unspecified atom stereocenters. The van der Waals surface area contributed by atoms with Gasteiger partial charge in [0.1, 0.15) is 12.1 Å². The van der Waals surface area contributed by atoms with Gasteiger partial charge >= 0.3 is 19.8 Å². The zero-order chi connectivity index (χ0) is 44.8. The van der Waals surface area contributed by atoms with Crippen LogP contribution in [0.1, 0.15) is 194 Å². The quantitative estimate of drug-likeness (QED) is 0.0233. The number of carbonyl (C=O) groups excluding carboxylic acids is 1. The second-order valence-corrected chi connectivity index (χ2v) is 17.3. The smallest absolute Gasteiger partial charge is 0.472 e. The first kappa shape index (κ1) is 58.4. The number of ether oxygens (including phenoxy) is 2. The van der Waals surface area contributed by atoms with Crippen molar-refractivity contribution >= 4 is 19.8 Å². The summed E-state index contributed by atoms with van der Waals surface area (Å²) in [5.74, 6) is -1.79. The first-order chi connectivity index (χ1) is 29.7. The van der Waals surface area contributed by atoms with E-state index in [0.29, 0.717) is 13.0 Å². The number of nitrogens with two attached hydrogens (primary N) is 1. The number of hydrogen-bond acceptors (Lipinski definition) is 8. The maximum atomic E-state index is 12.7. The van der Waals surface area contributed by atoms with Gasteiger partial charge in [-0.15, -0.1) is 0 Å². The molecule has 0 spiro atoms. The van der Waals surface area contributed by atoms with Crippen LogP contribution in [0.25, 0.3) is 0 Å². The Kier molecular flexibility index (Phi) is 43.5. The maximum absolute atomic E-state index is 12.7. The van der Waals surface area contributed by atoms with Gasteiger partial charge in [-0.25, -0.2) is 4.57 Å². The Morgan fingerprint density at radius 1 is 0.541 bits per heavy atom. The predicted molar refractivity (Wildman–Crippen MR) is 254 cm³/mol. The number of aliphatic carboxylic acids is 1. The van der Waals surface area contributed by atoms with E-state index in [-0.39, 0.29) is 13.0 Å². The van der Waals surface area contributed by atoms with E-state index in [1.807, 2.05) is 0 Å². The van der Waals surface area contributed by atoms with E-state index in [1.54, 1.807) is 0 Å². The SMILES string of the molecule is CC/C=C\C/C=C\C/C=C\C/C=C\C/C=C\CCCCCCCCCCOCC(COP(=O)(O)OCC(N)C(=O)O)OC(=O)CCCCCCC/C=C\CCCCCCCC. The molecule has 61 heavy (non-hydrogen) atoms. The third kappa shape index (κ3) is 45.3. The molecule has 0 saturated heterocycles. The van der Waals surface area contributed by atoms with Crippen LogP contribution in [0.4, 0.5) is 0 Å². The lowest BCUT2D eigenvalue weighted by molar-refractivity contribution is -0.154. The van der Waals surface area contributed by atoms with Gasteiger partial charge in [-0.2, -0.15) is 0 Å². The lowest BCUT2D eigenvalue weighted by Gasteiger charge is -2.20. The largest absolute Gasteiger partial charge is 0.480 e. The highest BCUT2D eigenvalue weighted by Crippen LogP contribution is 2.43. The van der Waals surface area contributed by atoms with Gasteiger partial charge in [0.2, 0.25) is 0 Å². The second-order valence-electron chi connectivity index (χ2n) is 15.9. The Morgan fingerprint density at radius 2 is 0.951 bits per heavy atom. The summed E-state index contributed by atoms with van der Waals surface area (Å²) in [6.07, 6.45) is 56.7. The molecular weight excluding hydrogens is 790 g/mol. The van der Waals surface area contributed by atoms with E-state index in [1.165, 1.54) is 77.0 Å². The number of carboxylic acid groups (broad SMARTS) is 1. The molecule has 0 fully saturated rings. The standard InChI is InChI=1S/C50H88NO9P/c1-3-5-7-9-11-13-15-17-19-20-21-22-23-24-25-26-27-29-31-33-35-37-39-41-43-57-44-47(45-58-61(55,56)59-46-48(51)50(53)54)60-49(52)42-40-38-36-34-32-30-28-18-16-14-12-10-8-6-4-2/h5,7,11,13,17-19,21-22,24-25,28,47-48H,3-4,6,8-10,12,14-16,20,23,26-27,29-46,51H2,1-2H3,(H,53,54)(H,55,56)/b7-5-,13-11-,19-17-,22-21-,25-24-,28-18-. The maximum Gasteiger partial charge on any atom is 0.472 e. The van der Waals surface area contributed by atoms with E-state index in [2.05, 4.69) is 86.8 Å². The summed E-state index contributed by atoms with van der Waals surface area (Å²) < 4.78 is 33.4. The van der Waals surface area contributed by atoms with Crippen molar-refractivity contribution < 1.29 is 42.7 Å².